The van der Waals surface area contributed by atoms with Gasteiger partial charge in [0.25, 0.3) is 0 Å². The molecule has 0 fully saturated rings. The summed E-state index contributed by atoms with van der Waals surface area (Å²) in [6.07, 6.45) is -4.83. The maximum Gasteiger partial charge on any atom is 0.427 e. The quantitative estimate of drug-likeness (QED) is 0.585. The maximum atomic E-state index is 13.0. The van der Waals surface area contributed by atoms with Gasteiger partial charge in [0, 0.05) is 0 Å². The SMILES string of the molecule is COC(=O)/C(=C1/Oc2c(C)cc(C)cc2S1)C(F)(F)F. The number of rotatable bonds is 1. The van der Waals surface area contributed by atoms with Crippen LogP contribution in [0.5, 0.6) is 5.75 Å². The minimum absolute atomic E-state index is 0.348. The number of halogens is 3. The number of thioether (sulfide) groups is 1. The third kappa shape index (κ3) is 2.63. The van der Waals surface area contributed by atoms with Crippen molar-refractivity contribution in [2.75, 3.05) is 7.11 Å². The fourth-order valence-electron chi connectivity index (χ4n) is 1.85. The molecule has 1 aliphatic heterocycles. The van der Waals surface area contributed by atoms with Gasteiger partial charge in [-0.05, 0) is 42.8 Å². The second-order valence-electron chi connectivity index (χ2n) is 4.27. The van der Waals surface area contributed by atoms with Gasteiger partial charge >= 0.3 is 12.1 Å². The molecule has 0 N–H and O–H groups in total. The lowest BCUT2D eigenvalue weighted by Gasteiger charge is -2.11. The second kappa shape index (κ2) is 5.05. The Hall–Kier alpha value is -1.63. The van der Waals surface area contributed by atoms with Crippen LogP contribution in [0.4, 0.5) is 13.2 Å². The summed E-state index contributed by atoms with van der Waals surface area (Å²) in [5.74, 6) is -1.11. The number of fused-ring (bicyclic) bond motifs is 1. The number of ether oxygens (including phenoxy) is 2. The highest BCUT2D eigenvalue weighted by Crippen LogP contribution is 2.49. The third-order valence-electron chi connectivity index (χ3n) is 2.66. The van der Waals surface area contributed by atoms with Crippen LogP contribution >= 0.6 is 11.8 Å². The molecule has 108 valence electrons. The van der Waals surface area contributed by atoms with Crippen molar-refractivity contribution < 1.29 is 27.4 Å². The molecule has 1 aliphatic rings. The molecule has 0 bridgehead atoms. The van der Waals surface area contributed by atoms with E-state index in [1.165, 1.54) is 0 Å². The molecule has 0 aliphatic carbocycles. The summed E-state index contributed by atoms with van der Waals surface area (Å²) >= 11 is 0.780. The molecule has 3 nitrogen and oxygen atoms in total. The molecule has 0 saturated heterocycles. The molecule has 1 aromatic carbocycles. The standard InChI is InChI=1S/C13H11F3O3S/c1-6-4-7(2)10-8(5-6)20-12(19-10)9(11(17)18-3)13(14,15)16/h4-5H,1-3H3/b12-9+. The lowest BCUT2D eigenvalue weighted by Crippen LogP contribution is -2.23. The Labute approximate surface area is 117 Å². The van der Waals surface area contributed by atoms with Gasteiger partial charge in [0.1, 0.15) is 5.75 Å². The average molecular weight is 304 g/mol. The van der Waals surface area contributed by atoms with E-state index < -0.39 is 22.8 Å². The molecule has 0 saturated carbocycles. The first-order valence-corrected chi connectivity index (χ1v) is 6.42. The summed E-state index contributed by atoms with van der Waals surface area (Å²) in [4.78, 5) is 11.9. The average Bonchev–Trinajstić information content (AvgIpc) is 2.70. The lowest BCUT2D eigenvalue weighted by molar-refractivity contribution is -0.148. The van der Waals surface area contributed by atoms with Crippen LogP contribution in [0, 0.1) is 13.8 Å². The summed E-state index contributed by atoms with van der Waals surface area (Å²) in [5, 5.41) is -0.493. The van der Waals surface area contributed by atoms with Gasteiger partial charge in [-0.15, -0.1) is 0 Å². The van der Waals surface area contributed by atoms with Crippen molar-refractivity contribution in [1.82, 2.24) is 0 Å². The number of esters is 1. The van der Waals surface area contributed by atoms with Gasteiger partial charge in [-0.2, -0.15) is 13.2 Å². The normalized spacial score (nSPS) is 16.5. The fourth-order valence-corrected chi connectivity index (χ4v) is 3.02. The smallest absolute Gasteiger partial charge is 0.427 e. The Morgan fingerprint density at radius 3 is 2.50 bits per heavy atom. The van der Waals surface area contributed by atoms with Gasteiger partial charge in [0.15, 0.2) is 10.7 Å². The Morgan fingerprint density at radius 1 is 1.30 bits per heavy atom. The summed E-state index contributed by atoms with van der Waals surface area (Å²) < 4.78 is 48.3. The van der Waals surface area contributed by atoms with Crippen molar-refractivity contribution in [1.29, 1.82) is 0 Å². The summed E-state index contributed by atoms with van der Waals surface area (Å²) in [7, 11) is 0.900. The van der Waals surface area contributed by atoms with Gasteiger partial charge in [0.2, 0.25) is 0 Å². The molecular weight excluding hydrogens is 293 g/mol. The van der Waals surface area contributed by atoms with Crippen molar-refractivity contribution in [2.45, 2.75) is 24.9 Å². The highest BCUT2D eigenvalue weighted by atomic mass is 32.2. The zero-order valence-electron chi connectivity index (χ0n) is 10.9. The summed E-state index contributed by atoms with van der Waals surface area (Å²) in [6.45, 7) is 3.57. The predicted molar refractivity (Wildman–Crippen MR) is 67.5 cm³/mol. The van der Waals surface area contributed by atoms with Gasteiger partial charge < -0.3 is 9.47 Å². The number of alkyl halides is 3. The number of carbonyl (C=O) groups excluding carboxylic acids is 1. The topological polar surface area (TPSA) is 35.5 Å². The zero-order chi connectivity index (χ0) is 15.1. The van der Waals surface area contributed by atoms with Crippen LogP contribution in [0.25, 0.3) is 0 Å². The predicted octanol–water partition coefficient (Wildman–Crippen LogP) is 3.73. The van der Waals surface area contributed by atoms with Crippen LogP contribution in [0.15, 0.2) is 27.7 Å². The van der Waals surface area contributed by atoms with Crippen LogP contribution in [0.1, 0.15) is 11.1 Å². The molecule has 0 unspecified atom stereocenters. The minimum atomic E-state index is -4.83. The van der Waals surface area contributed by atoms with E-state index in [-0.39, 0.29) is 0 Å². The number of aryl methyl sites for hydroxylation is 2. The van der Waals surface area contributed by atoms with Crippen molar-refractivity contribution in [3.63, 3.8) is 0 Å². The monoisotopic (exact) mass is 304 g/mol. The van der Waals surface area contributed by atoms with Crippen molar-refractivity contribution in [2.24, 2.45) is 0 Å². The number of carbonyl (C=O) groups is 1. The molecule has 1 heterocycles. The third-order valence-corrected chi connectivity index (χ3v) is 3.66. The molecular formula is C13H11F3O3S. The number of benzene rings is 1. The maximum absolute atomic E-state index is 13.0. The molecule has 0 atom stereocenters. The molecule has 0 aromatic heterocycles. The van der Waals surface area contributed by atoms with Gasteiger partial charge in [0.05, 0.1) is 12.0 Å². The van der Waals surface area contributed by atoms with Gasteiger partial charge in [-0.3, -0.25) is 0 Å². The van der Waals surface area contributed by atoms with Crippen molar-refractivity contribution in [3.05, 3.63) is 33.9 Å². The van der Waals surface area contributed by atoms with Crippen LogP contribution in [-0.2, 0) is 9.53 Å². The highest BCUT2D eigenvalue weighted by molar-refractivity contribution is 8.03. The first kappa shape index (κ1) is 14.8. The second-order valence-corrected chi connectivity index (χ2v) is 5.28. The summed E-state index contributed by atoms with van der Waals surface area (Å²) in [6, 6.07) is 3.51. The highest BCUT2D eigenvalue weighted by Gasteiger charge is 2.45. The number of hydrogen-bond acceptors (Lipinski definition) is 4. The molecule has 20 heavy (non-hydrogen) atoms. The summed E-state index contributed by atoms with van der Waals surface area (Å²) in [5.41, 5.74) is 0.206. The molecule has 0 spiro atoms. The van der Waals surface area contributed by atoms with Gasteiger partial charge in [-0.25, -0.2) is 4.79 Å². The van der Waals surface area contributed by atoms with Crippen LogP contribution in [0.3, 0.4) is 0 Å². The van der Waals surface area contributed by atoms with Crippen LogP contribution in [0.2, 0.25) is 0 Å². The largest absolute Gasteiger partial charge is 0.465 e. The molecule has 0 radical (unpaired) electrons. The van der Waals surface area contributed by atoms with E-state index in [0.29, 0.717) is 16.2 Å². The lowest BCUT2D eigenvalue weighted by atomic mass is 10.1. The Balaban J connectivity index is 2.52. The van der Waals surface area contributed by atoms with Crippen molar-refractivity contribution in [3.8, 4) is 5.75 Å². The van der Waals surface area contributed by atoms with E-state index in [9.17, 15) is 18.0 Å². The van der Waals surface area contributed by atoms with E-state index in [1.807, 2.05) is 6.92 Å². The number of methoxy groups -OCH3 is 1. The fraction of sp³-hybridized carbons (Fsp3) is 0.308. The van der Waals surface area contributed by atoms with E-state index in [1.54, 1.807) is 19.1 Å². The van der Waals surface area contributed by atoms with Crippen LogP contribution in [-0.4, -0.2) is 19.3 Å². The van der Waals surface area contributed by atoms with E-state index >= 15 is 0 Å². The molecule has 1 aromatic rings. The minimum Gasteiger partial charge on any atom is -0.465 e. The van der Waals surface area contributed by atoms with Gasteiger partial charge in [-0.1, -0.05) is 6.07 Å². The number of hydrogen-bond donors (Lipinski definition) is 0. The first-order valence-electron chi connectivity index (χ1n) is 5.60. The van der Waals surface area contributed by atoms with Crippen molar-refractivity contribution >= 4 is 17.7 Å². The molecule has 2 rings (SSSR count). The molecule has 0 amide bonds. The van der Waals surface area contributed by atoms with E-state index in [4.69, 9.17) is 4.74 Å². The Morgan fingerprint density at radius 2 is 1.95 bits per heavy atom. The molecule has 7 heteroatoms. The Kier molecular flexibility index (Phi) is 3.73. The van der Waals surface area contributed by atoms with E-state index in [2.05, 4.69) is 4.74 Å². The zero-order valence-corrected chi connectivity index (χ0v) is 11.7. The van der Waals surface area contributed by atoms with Crippen LogP contribution < -0.4 is 4.74 Å². The Bertz CT molecular complexity index is 606. The first-order chi connectivity index (χ1) is 9.24. The van der Waals surface area contributed by atoms with E-state index in [0.717, 1.165) is 24.4 Å².